The number of carbonyl (C=O) groups is 1. The van der Waals surface area contributed by atoms with E-state index in [1.807, 2.05) is 48.5 Å². The van der Waals surface area contributed by atoms with E-state index < -0.39 is 30.3 Å². The van der Waals surface area contributed by atoms with Crippen molar-refractivity contribution in [3.63, 3.8) is 0 Å². The summed E-state index contributed by atoms with van der Waals surface area (Å²) in [5.41, 5.74) is 8.35. The van der Waals surface area contributed by atoms with Crippen LogP contribution in [-0.2, 0) is 13.0 Å². The van der Waals surface area contributed by atoms with Crippen LogP contribution in [0.1, 0.15) is 23.0 Å². The minimum absolute atomic E-state index is 0.237. The summed E-state index contributed by atoms with van der Waals surface area (Å²) in [6.07, 6.45) is 0.369. The lowest BCUT2D eigenvalue weighted by Crippen LogP contribution is -2.39. The number of nitrogens with one attached hydrogen (secondary N) is 4. The van der Waals surface area contributed by atoms with E-state index in [1.165, 1.54) is 0 Å². The fourth-order valence-electron chi connectivity index (χ4n) is 4.09. The third-order valence-corrected chi connectivity index (χ3v) is 6.59. The summed E-state index contributed by atoms with van der Waals surface area (Å²) in [7, 11) is 0. The Hall–Kier alpha value is -4.15. The smallest absolute Gasteiger partial charge is 0.315 e. The molecule has 194 valence electrons. The fraction of sp³-hybridized carbons (Fsp3) is 0.115. The molecule has 1 atom stereocenters. The number of hydrogen-bond acceptors (Lipinski definition) is 4. The lowest BCUT2D eigenvalue weighted by atomic mass is 10.1. The Labute approximate surface area is 225 Å². The van der Waals surface area contributed by atoms with Crippen molar-refractivity contribution in [1.29, 1.82) is 0 Å². The van der Waals surface area contributed by atoms with Crippen molar-refractivity contribution in [2.24, 2.45) is 0 Å². The molecule has 3 aromatic carbocycles. The maximum Gasteiger partial charge on any atom is 0.315 e. The second kappa shape index (κ2) is 10.7. The van der Waals surface area contributed by atoms with Crippen LogP contribution in [0.4, 0.5) is 19.4 Å². The van der Waals surface area contributed by atoms with Gasteiger partial charge in [-0.15, -0.1) is 0 Å². The normalized spacial score (nSPS) is 12.0. The van der Waals surface area contributed by atoms with Crippen molar-refractivity contribution in [3.05, 3.63) is 99.4 Å². The Morgan fingerprint density at radius 1 is 1.08 bits per heavy atom. The molecule has 0 aliphatic heterocycles. The van der Waals surface area contributed by atoms with E-state index >= 15 is 0 Å². The van der Waals surface area contributed by atoms with Gasteiger partial charge in [0.25, 0.3) is 0 Å². The van der Waals surface area contributed by atoms with Gasteiger partial charge in [-0.3, -0.25) is 5.10 Å². The van der Waals surface area contributed by atoms with Crippen LogP contribution in [0.3, 0.4) is 0 Å². The monoisotopic (exact) mass is 555 g/mol. The average Bonchev–Trinajstić information content (AvgIpc) is 3.48. The molecule has 0 aliphatic rings. The van der Waals surface area contributed by atoms with Crippen molar-refractivity contribution in [1.82, 2.24) is 30.8 Å². The molecule has 0 bridgehead atoms. The number of urea groups is 1. The maximum atomic E-state index is 14.2. The third kappa shape index (κ3) is 5.27. The van der Waals surface area contributed by atoms with E-state index in [-0.39, 0.29) is 15.7 Å². The molecule has 0 saturated carbocycles. The Balaban J connectivity index is 1.40. The topological polar surface area (TPSA) is 125 Å². The molecule has 2 amide bonds. The molecule has 0 radical (unpaired) electrons. The summed E-state index contributed by atoms with van der Waals surface area (Å²) in [5.74, 6) is -0.956. The summed E-state index contributed by atoms with van der Waals surface area (Å²) in [6.45, 7) is -0.403. The van der Waals surface area contributed by atoms with Gasteiger partial charge in [-0.25, -0.2) is 18.6 Å². The summed E-state index contributed by atoms with van der Waals surface area (Å²) in [4.78, 5) is 20.5. The summed E-state index contributed by atoms with van der Waals surface area (Å²) >= 11 is 12.3. The molecule has 0 fully saturated rings. The molecule has 0 unspecified atom stereocenters. The highest BCUT2D eigenvalue weighted by Gasteiger charge is 2.22. The van der Waals surface area contributed by atoms with E-state index in [4.69, 9.17) is 28.9 Å². The molecule has 0 spiro atoms. The van der Waals surface area contributed by atoms with Crippen LogP contribution < -0.4 is 16.4 Å². The number of carbonyl (C=O) groups excluding carboxylic acids is 1. The molecule has 6 N–H and O–H groups in total. The van der Waals surface area contributed by atoms with E-state index in [0.29, 0.717) is 29.3 Å². The minimum Gasteiger partial charge on any atom is -0.382 e. The van der Waals surface area contributed by atoms with Crippen molar-refractivity contribution < 1.29 is 13.6 Å². The van der Waals surface area contributed by atoms with Gasteiger partial charge in [0, 0.05) is 16.5 Å². The molecular formula is C26H21Cl2F2N7O. The molecule has 5 aromatic rings. The molecule has 0 saturated heterocycles. The van der Waals surface area contributed by atoms with Crippen LogP contribution >= 0.6 is 23.2 Å². The van der Waals surface area contributed by atoms with E-state index in [9.17, 15) is 13.6 Å². The number of H-pyrrole nitrogens is 2. The number of nitrogens with two attached hydrogens (primary N) is 1. The number of hydrogen-bond donors (Lipinski definition) is 5. The van der Waals surface area contributed by atoms with E-state index in [0.717, 1.165) is 28.6 Å². The highest BCUT2D eigenvalue weighted by Crippen LogP contribution is 2.31. The van der Waals surface area contributed by atoms with Crippen LogP contribution in [0.15, 0.2) is 60.7 Å². The first-order valence-corrected chi connectivity index (χ1v) is 12.3. The van der Waals surface area contributed by atoms with Gasteiger partial charge in [0.1, 0.15) is 28.3 Å². The first-order valence-electron chi connectivity index (χ1n) is 11.5. The second-order valence-corrected chi connectivity index (χ2v) is 9.33. The summed E-state index contributed by atoms with van der Waals surface area (Å²) in [5, 5.41) is 13.0. The highest BCUT2D eigenvalue weighted by atomic mass is 35.5. The third-order valence-electron chi connectivity index (χ3n) is 6.03. The highest BCUT2D eigenvalue weighted by molar-refractivity contribution is 6.32. The lowest BCUT2D eigenvalue weighted by molar-refractivity contribution is 0.236. The average molecular weight is 556 g/mol. The SMILES string of the molecule is Nc1n[nH]c2cc(-c3nc([C@H](Cc4ccccc4)NC(=O)NCc4c(F)ccc(Cl)c4F)[nH]c3Cl)ccc12. The van der Waals surface area contributed by atoms with Crippen LogP contribution in [-0.4, -0.2) is 26.2 Å². The summed E-state index contributed by atoms with van der Waals surface area (Å²) in [6, 6.07) is 15.8. The molecule has 2 aromatic heterocycles. The zero-order valence-corrected chi connectivity index (χ0v) is 21.2. The molecule has 0 aliphatic carbocycles. The standard InChI is InChI=1S/C26H21Cl2F2N7O/c27-17-8-9-18(29)16(21(17)30)12-32-26(38)33-20(10-13-4-2-1-3-5-13)25-34-22(23(28)35-25)14-6-7-15-19(11-14)36-37-24(15)31/h1-9,11,20H,10,12H2,(H,34,35)(H3,31,36,37)(H2,32,33,38)/t20-/m0/s1. The van der Waals surface area contributed by atoms with Crippen molar-refractivity contribution in [2.75, 3.05) is 5.73 Å². The number of aromatic nitrogens is 4. The Morgan fingerprint density at radius 2 is 1.87 bits per heavy atom. The predicted octanol–water partition coefficient (Wildman–Crippen LogP) is 5.90. The van der Waals surface area contributed by atoms with Gasteiger partial charge in [0.05, 0.1) is 23.1 Å². The molecule has 12 heteroatoms. The quantitative estimate of drug-likeness (QED) is 0.160. The van der Waals surface area contributed by atoms with Gasteiger partial charge in [0.2, 0.25) is 0 Å². The number of benzene rings is 3. The van der Waals surface area contributed by atoms with Gasteiger partial charge < -0.3 is 21.4 Å². The molecule has 38 heavy (non-hydrogen) atoms. The zero-order chi connectivity index (χ0) is 26.8. The summed E-state index contributed by atoms with van der Waals surface area (Å²) < 4.78 is 28.3. The van der Waals surface area contributed by atoms with Crippen molar-refractivity contribution >= 4 is 46.0 Å². The number of nitrogen functional groups attached to an aromatic ring is 1. The molecule has 2 heterocycles. The first-order chi connectivity index (χ1) is 18.3. The number of anilines is 1. The first kappa shape index (κ1) is 25.5. The van der Waals surface area contributed by atoms with Crippen molar-refractivity contribution in [3.8, 4) is 11.3 Å². The van der Waals surface area contributed by atoms with Gasteiger partial charge in [0.15, 0.2) is 5.82 Å². The lowest BCUT2D eigenvalue weighted by Gasteiger charge is -2.18. The molecule has 8 nitrogen and oxygen atoms in total. The number of rotatable bonds is 7. The maximum absolute atomic E-state index is 14.2. The fourth-order valence-corrected chi connectivity index (χ4v) is 4.51. The van der Waals surface area contributed by atoms with Crippen LogP contribution in [0.5, 0.6) is 0 Å². The number of imidazole rings is 1. The Kier molecular flexibility index (Phi) is 7.17. The van der Waals surface area contributed by atoms with Gasteiger partial charge in [-0.05, 0) is 36.2 Å². The largest absolute Gasteiger partial charge is 0.382 e. The second-order valence-electron chi connectivity index (χ2n) is 8.54. The van der Waals surface area contributed by atoms with Gasteiger partial charge in [-0.1, -0.05) is 59.6 Å². The van der Waals surface area contributed by atoms with Gasteiger partial charge >= 0.3 is 6.03 Å². The van der Waals surface area contributed by atoms with E-state index in [1.54, 1.807) is 0 Å². The number of fused-ring (bicyclic) bond motifs is 1. The van der Waals surface area contributed by atoms with Gasteiger partial charge in [-0.2, -0.15) is 5.10 Å². The van der Waals surface area contributed by atoms with E-state index in [2.05, 4.69) is 30.8 Å². The number of nitrogens with zero attached hydrogens (tertiary/aromatic N) is 2. The minimum atomic E-state index is -0.925. The molecule has 5 rings (SSSR count). The number of halogens is 4. The van der Waals surface area contributed by atoms with Crippen LogP contribution in [0.25, 0.3) is 22.2 Å². The van der Waals surface area contributed by atoms with Crippen LogP contribution in [0.2, 0.25) is 10.2 Å². The number of amides is 2. The number of aromatic amines is 2. The van der Waals surface area contributed by atoms with Crippen LogP contribution in [0, 0.1) is 11.6 Å². The molecular weight excluding hydrogens is 535 g/mol. The zero-order valence-electron chi connectivity index (χ0n) is 19.7. The Morgan fingerprint density at radius 3 is 2.66 bits per heavy atom. The van der Waals surface area contributed by atoms with Crippen molar-refractivity contribution in [2.45, 2.75) is 19.0 Å². The Bertz CT molecular complexity index is 1620. The predicted molar refractivity (Wildman–Crippen MR) is 143 cm³/mol.